The van der Waals surface area contributed by atoms with E-state index in [1.165, 1.54) is 12.1 Å². The van der Waals surface area contributed by atoms with Gasteiger partial charge in [0.05, 0.1) is 25.1 Å². The van der Waals surface area contributed by atoms with E-state index in [0.29, 0.717) is 31.1 Å². The zero-order valence-corrected chi connectivity index (χ0v) is 11.5. The second-order valence-electron chi connectivity index (χ2n) is 4.82. The highest BCUT2D eigenvalue weighted by atomic mass is 19.1. The Morgan fingerprint density at radius 2 is 2.14 bits per heavy atom. The van der Waals surface area contributed by atoms with E-state index in [2.05, 4.69) is 25.3 Å². The minimum atomic E-state index is -0.263. The highest BCUT2D eigenvalue weighted by Crippen LogP contribution is 2.24. The number of morpholine rings is 1. The van der Waals surface area contributed by atoms with Crippen molar-refractivity contribution in [3.63, 3.8) is 0 Å². The van der Waals surface area contributed by atoms with Crippen LogP contribution in [0.15, 0.2) is 40.8 Å². The van der Waals surface area contributed by atoms with E-state index in [-0.39, 0.29) is 5.82 Å². The topological polar surface area (TPSA) is 65.9 Å². The summed E-state index contributed by atoms with van der Waals surface area (Å²) in [6.45, 7) is 3.74. The molecule has 3 rings (SSSR count). The molecule has 2 aromatic rings. The molecule has 0 atom stereocenters. The maximum atomic E-state index is 13.5. The van der Waals surface area contributed by atoms with Gasteiger partial charge in [-0.1, -0.05) is 0 Å². The number of aromatic amines is 1. The number of hydrogen-bond donors (Lipinski definition) is 1. The highest BCUT2D eigenvalue weighted by Gasteiger charge is 2.13. The van der Waals surface area contributed by atoms with Gasteiger partial charge in [0.2, 0.25) is 0 Å². The van der Waals surface area contributed by atoms with Crippen LogP contribution in [-0.4, -0.2) is 41.4 Å². The van der Waals surface area contributed by atoms with Crippen LogP contribution in [0.3, 0.4) is 0 Å². The average molecular weight is 289 g/mol. The summed E-state index contributed by atoms with van der Waals surface area (Å²) in [5.74, 6) is -0.263. The van der Waals surface area contributed by atoms with Gasteiger partial charge in [0.1, 0.15) is 11.5 Å². The third kappa shape index (κ3) is 3.71. The fourth-order valence-corrected chi connectivity index (χ4v) is 2.19. The molecule has 1 aromatic heterocycles. The van der Waals surface area contributed by atoms with Gasteiger partial charge >= 0.3 is 0 Å². The Bertz CT molecular complexity index is 608. The zero-order valence-electron chi connectivity index (χ0n) is 11.5. The van der Waals surface area contributed by atoms with Crippen molar-refractivity contribution in [1.29, 1.82) is 0 Å². The summed E-state index contributed by atoms with van der Waals surface area (Å²) >= 11 is 0. The number of nitrogens with zero attached hydrogens (tertiary/aromatic N) is 4. The summed E-state index contributed by atoms with van der Waals surface area (Å²) in [4.78, 5) is 2.22. The number of hydrogen-bond acceptors (Lipinski definition) is 5. The Kier molecular flexibility index (Phi) is 4.32. The number of nitrogens with one attached hydrogen (secondary N) is 1. The predicted octanol–water partition coefficient (Wildman–Crippen LogP) is 2.80. The minimum Gasteiger partial charge on any atom is -0.379 e. The lowest BCUT2D eigenvalue weighted by molar-refractivity contribution is 0.0342. The molecule has 0 spiro atoms. The van der Waals surface area contributed by atoms with Crippen LogP contribution in [0, 0.1) is 5.82 Å². The molecule has 6 nitrogen and oxygen atoms in total. The monoisotopic (exact) mass is 289 g/mol. The molecule has 0 bridgehead atoms. The van der Waals surface area contributed by atoms with Gasteiger partial charge in [-0.3, -0.25) is 10.00 Å². The van der Waals surface area contributed by atoms with Gasteiger partial charge in [-0.25, -0.2) is 4.39 Å². The molecule has 1 aliphatic rings. The Labute approximate surface area is 121 Å². The van der Waals surface area contributed by atoms with E-state index in [0.717, 1.165) is 18.7 Å². The maximum Gasteiger partial charge on any atom is 0.123 e. The quantitative estimate of drug-likeness (QED) is 0.880. The number of benzene rings is 1. The number of ether oxygens (including phenoxy) is 1. The second-order valence-corrected chi connectivity index (χ2v) is 4.82. The van der Waals surface area contributed by atoms with E-state index in [4.69, 9.17) is 4.74 Å². The molecule has 0 saturated carbocycles. The molecular weight excluding hydrogens is 273 g/mol. The normalized spacial score (nSPS) is 16.6. The van der Waals surface area contributed by atoms with E-state index in [1.54, 1.807) is 18.5 Å². The van der Waals surface area contributed by atoms with Gasteiger partial charge in [-0.2, -0.15) is 10.2 Å². The van der Waals surface area contributed by atoms with Gasteiger partial charge in [0.25, 0.3) is 0 Å². The van der Waals surface area contributed by atoms with Crippen molar-refractivity contribution in [3.05, 3.63) is 42.0 Å². The summed E-state index contributed by atoms with van der Waals surface area (Å²) in [6, 6.07) is 4.56. The molecule has 0 radical (unpaired) electrons. The van der Waals surface area contributed by atoms with E-state index >= 15 is 0 Å². The molecule has 1 aliphatic heterocycles. The van der Waals surface area contributed by atoms with E-state index < -0.39 is 0 Å². The molecule has 1 fully saturated rings. The fraction of sp³-hybridized carbons (Fsp3) is 0.357. The number of rotatable bonds is 4. The smallest absolute Gasteiger partial charge is 0.123 e. The standard InChI is InChI=1S/C14H16FN5O/c15-12-1-2-14(19-18-13-8-16-17-9-13)11(7-12)10-20-3-5-21-6-4-20/h1-2,7-9H,3-6,10H2,(H,16,17). The van der Waals surface area contributed by atoms with Gasteiger partial charge in [0, 0.05) is 25.8 Å². The SMILES string of the molecule is Fc1ccc(N=Nc2cn[nH]c2)c(CN2CCOCC2)c1. The fourth-order valence-electron chi connectivity index (χ4n) is 2.19. The lowest BCUT2D eigenvalue weighted by atomic mass is 10.1. The van der Waals surface area contributed by atoms with Crippen LogP contribution in [0.2, 0.25) is 0 Å². The Balaban J connectivity index is 1.79. The first-order chi connectivity index (χ1) is 10.3. The summed E-state index contributed by atoms with van der Waals surface area (Å²) in [5, 5.41) is 14.8. The Hall–Kier alpha value is -2.12. The lowest BCUT2D eigenvalue weighted by Gasteiger charge is -2.26. The van der Waals surface area contributed by atoms with Crippen LogP contribution in [0.5, 0.6) is 0 Å². The Morgan fingerprint density at radius 1 is 1.29 bits per heavy atom. The maximum absolute atomic E-state index is 13.5. The first-order valence-corrected chi connectivity index (χ1v) is 6.80. The van der Waals surface area contributed by atoms with E-state index in [9.17, 15) is 4.39 Å². The first kappa shape index (κ1) is 13.8. The zero-order chi connectivity index (χ0) is 14.5. The molecule has 0 unspecified atom stereocenters. The van der Waals surface area contributed by atoms with Crippen LogP contribution in [-0.2, 0) is 11.3 Å². The highest BCUT2D eigenvalue weighted by molar-refractivity contribution is 5.46. The summed E-state index contributed by atoms with van der Waals surface area (Å²) in [7, 11) is 0. The molecule has 0 aliphatic carbocycles. The summed E-state index contributed by atoms with van der Waals surface area (Å²) in [6.07, 6.45) is 3.23. The van der Waals surface area contributed by atoms with Crippen molar-refractivity contribution < 1.29 is 9.13 Å². The molecule has 0 amide bonds. The van der Waals surface area contributed by atoms with Crippen molar-refractivity contribution in [2.24, 2.45) is 10.2 Å². The van der Waals surface area contributed by atoms with E-state index in [1.807, 2.05) is 0 Å². The molecule has 2 heterocycles. The molecule has 7 heteroatoms. The van der Waals surface area contributed by atoms with Crippen molar-refractivity contribution in [3.8, 4) is 0 Å². The first-order valence-electron chi connectivity index (χ1n) is 6.80. The molecule has 1 saturated heterocycles. The number of H-pyrrole nitrogens is 1. The number of aromatic nitrogens is 2. The number of azo groups is 1. The van der Waals surface area contributed by atoms with Gasteiger partial charge < -0.3 is 4.74 Å². The largest absolute Gasteiger partial charge is 0.379 e. The van der Waals surface area contributed by atoms with Crippen LogP contribution >= 0.6 is 0 Å². The molecule has 110 valence electrons. The molecular formula is C14H16FN5O. The van der Waals surface area contributed by atoms with Crippen LogP contribution in [0.1, 0.15) is 5.56 Å². The lowest BCUT2D eigenvalue weighted by Crippen LogP contribution is -2.35. The molecule has 21 heavy (non-hydrogen) atoms. The van der Waals surface area contributed by atoms with Gasteiger partial charge in [-0.05, 0) is 23.8 Å². The van der Waals surface area contributed by atoms with Crippen LogP contribution in [0.25, 0.3) is 0 Å². The van der Waals surface area contributed by atoms with Gasteiger partial charge in [-0.15, -0.1) is 5.11 Å². The van der Waals surface area contributed by atoms with Crippen molar-refractivity contribution >= 4 is 11.4 Å². The third-order valence-electron chi connectivity index (χ3n) is 3.30. The molecule has 1 N–H and O–H groups in total. The predicted molar refractivity (Wildman–Crippen MR) is 75.3 cm³/mol. The number of halogens is 1. The Morgan fingerprint density at radius 3 is 2.90 bits per heavy atom. The van der Waals surface area contributed by atoms with Crippen LogP contribution < -0.4 is 0 Å². The van der Waals surface area contributed by atoms with Gasteiger partial charge in [0.15, 0.2) is 0 Å². The second kappa shape index (κ2) is 6.55. The van der Waals surface area contributed by atoms with Crippen molar-refractivity contribution in [2.75, 3.05) is 26.3 Å². The van der Waals surface area contributed by atoms with Crippen molar-refractivity contribution in [2.45, 2.75) is 6.54 Å². The van der Waals surface area contributed by atoms with Crippen molar-refractivity contribution in [1.82, 2.24) is 15.1 Å². The average Bonchev–Trinajstić information content (AvgIpc) is 3.01. The minimum absolute atomic E-state index is 0.263. The van der Waals surface area contributed by atoms with Crippen LogP contribution in [0.4, 0.5) is 15.8 Å². The summed E-state index contributed by atoms with van der Waals surface area (Å²) in [5.41, 5.74) is 2.13. The molecule has 1 aromatic carbocycles. The third-order valence-corrected chi connectivity index (χ3v) is 3.30. The summed E-state index contributed by atoms with van der Waals surface area (Å²) < 4.78 is 18.8.